The standard InChI is InChI=1S/C22H26N4O2/c1-15-13-18(19-14-24-26(21(19)25-15)17-8-4-5-9-17)22(27)23-12-11-16-7-3-6-10-20(16)28-2/h3,6-7,10,13-14,17H,4-5,8-9,11-12H2,1-2H3,(H,23,27). The number of aromatic nitrogens is 3. The molecule has 0 bridgehead atoms. The van der Waals surface area contributed by atoms with Gasteiger partial charge in [-0.1, -0.05) is 31.0 Å². The number of nitrogens with zero attached hydrogens (tertiary/aromatic N) is 3. The fourth-order valence-corrected chi connectivity index (χ4v) is 4.06. The van der Waals surface area contributed by atoms with Crippen LogP contribution in [0.25, 0.3) is 11.0 Å². The van der Waals surface area contributed by atoms with Gasteiger partial charge in [0.1, 0.15) is 5.75 Å². The summed E-state index contributed by atoms with van der Waals surface area (Å²) in [6.07, 6.45) is 7.22. The molecule has 146 valence electrons. The van der Waals surface area contributed by atoms with Crippen LogP contribution >= 0.6 is 0 Å². The quantitative estimate of drug-likeness (QED) is 0.708. The normalized spacial score (nSPS) is 14.5. The Labute approximate surface area is 164 Å². The van der Waals surface area contributed by atoms with Crippen molar-refractivity contribution in [1.82, 2.24) is 20.1 Å². The fraction of sp³-hybridized carbons (Fsp3) is 0.409. The molecule has 2 heterocycles. The molecule has 0 saturated heterocycles. The third-order valence-corrected chi connectivity index (χ3v) is 5.48. The number of para-hydroxylation sites is 1. The second-order valence-corrected chi connectivity index (χ2v) is 7.39. The van der Waals surface area contributed by atoms with Gasteiger partial charge in [0, 0.05) is 12.2 Å². The van der Waals surface area contributed by atoms with E-state index < -0.39 is 0 Å². The first-order valence-electron chi connectivity index (χ1n) is 9.92. The van der Waals surface area contributed by atoms with Crippen molar-refractivity contribution in [2.45, 2.75) is 45.1 Å². The lowest BCUT2D eigenvalue weighted by Crippen LogP contribution is -2.26. The molecule has 1 aliphatic carbocycles. The SMILES string of the molecule is COc1ccccc1CCNC(=O)c1cc(C)nc2c1cnn2C1CCCC1. The first-order chi connectivity index (χ1) is 13.7. The number of benzene rings is 1. The van der Waals surface area contributed by atoms with Gasteiger partial charge in [-0.2, -0.15) is 5.10 Å². The summed E-state index contributed by atoms with van der Waals surface area (Å²) in [6.45, 7) is 2.47. The van der Waals surface area contributed by atoms with E-state index in [1.165, 1.54) is 12.8 Å². The molecule has 0 unspecified atom stereocenters. The summed E-state index contributed by atoms with van der Waals surface area (Å²) in [5.41, 5.74) is 3.38. The second kappa shape index (κ2) is 8.00. The molecule has 1 aliphatic rings. The molecule has 1 N–H and O–H groups in total. The van der Waals surface area contributed by atoms with Gasteiger partial charge < -0.3 is 10.1 Å². The number of methoxy groups -OCH3 is 1. The molecule has 0 atom stereocenters. The van der Waals surface area contributed by atoms with Gasteiger partial charge in [0.05, 0.1) is 30.3 Å². The molecule has 4 rings (SSSR count). The third-order valence-electron chi connectivity index (χ3n) is 5.48. The highest BCUT2D eigenvalue weighted by Gasteiger charge is 2.22. The van der Waals surface area contributed by atoms with Gasteiger partial charge in [0.25, 0.3) is 5.91 Å². The predicted octanol–water partition coefficient (Wildman–Crippen LogP) is 3.84. The van der Waals surface area contributed by atoms with Gasteiger partial charge in [-0.05, 0) is 43.9 Å². The molecule has 1 saturated carbocycles. The zero-order chi connectivity index (χ0) is 19.5. The first-order valence-corrected chi connectivity index (χ1v) is 9.92. The summed E-state index contributed by atoms with van der Waals surface area (Å²) >= 11 is 0. The van der Waals surface area contributed by atoms with E-state index in [4.69, 9.17) is 4.74 Å². The van der Waals surface area contributed by atoms with Crippen LogP contribution in [0.2, 0.25) is 0 Å². The Kier molecular flexibility index (Phi) is 5.28. The topological polar surface area (TPSA) is 69.0 Å². The molecule has 2 aromatic heterocycles. The Morgan fingerprint density at radius 1 is 1.29 bits per heavy atom. The molecule has 0 aliphatic heterocycles. The molecule has 28 heavy (non-hydrogen) atoms. The summed E-state index contributed by atoms with van der Waals surface area (Å²) in [5.74, 6) is 0.758. The molecule has 6 nitrogen and oxygen atoms in total. The molecule has 1 amide bonds. The zero-order valence-electron chi connectivity index (χ0n) is 16.4. The van der Waals surface area contributed by atoms with E-state index in [1.807, 2.05) is 41.9 Å². The number of carbonyl (C=O) groups is 1. The Morgan fingerprint density at radius 2 is 2.07 bits per heavy atom. The lowest BCUT2D eigenvalue weighted by Gasteiger charge is -2.12. The predicted molar refractivity (Wildman–Crippen MR) is 109 cm³/mol. The minimum absolute atomic E-state index is 0.0867. The van der Waals surface area contributed by atoms with E-state index in [9.17, 15) is 4.79 Å². The van der Waals surface area contributed by atoms with Gasteiger partial charge in [0.2, 0.25) is 0 Å². The second-order valence-electron chi connectivity index (χ2n) is 7.39. The van der Waals surface area contributed by atoms with Crippen LogP contribution in [0, 0.1) is 6.92 Å². The van der Waals surface area contributed by atoms with Crippen molar-refractivity contribution in [3.8, 4) is 5.75 Å². The van der Waals surface area contributed by atoms with Crippen molar-refractivity contribution in [2.75, 3.05) is 13.7 Å². The maximum absolute atomic E-state index is 12.9. The van der Waals surface area contributed by atoms with E-state index in [2.05, 4.69) is 15.4 Å². The summed E-state index contributed by atoms with van der Waals surface area (Å²) in [4.78, 5) is 17.6. The van der Waals surface area contributed by atoms with Crippen LogP contribution in [-0.4, -0.2) is 34.3 Å². The Hall–Kier alpha value is -2.89. The Morgan fingerprint density at radius 3 is 2.86 bits per heavy atom. The average Bonchev–Trinajstić information content (AvgIpc) is 3.37. The minimum atomic E-state index is -0.0867. The Bertz CT molecular complexity index is 989. The number of ether oxygens (including phenoxy) is 1. The van der Waals surface area contributed by atoms with Gasteiger partial charge >= 0.3 is 0 Å². The number of nitrogens with one attached hydrogen (secondary N) is 1. The minimum Gasteiger partial charge on any atom is -0.496 e. The zero-order valence-corrected chi connectivity index (χ0v) is 16.4. The van der Waals surface area contributed by atoms with Crippen LogP contribution in [-0.2, 0) is 6.42 Å². The average molecular weight is 378 g/mol. The van der Waals surface area contributed by atoms with Gasteiger partial charge in [-0.25, -0.2) is 9.67 Å². The molecule has 6 heteroatoms. The van der Waals surface area contributed by atoms with Crippen molar-refractivity contribution in [1.29, 1.82) is 0 Å². The smallest absolute Gasteiger partial charge is 0.252 e. The Balaban J connectivity index is 1.52. The van der Waals surface area contributed by atoms with Crippen molar-refractivity contribution in [2.24, 2.45) is 0 Å². The third kappa shape index (κ3) is 3.59. The number of hydrogen-bond acceptors (Lipinski definition) is 4. The van der Waals surface area contributed by atoms with E-state index in [-0.39, 0.29) is 5.91 Å². The molecule has 0 spiro atoms. The van der Waals surface area contributed by atoms with Gasteiger partial charge in [0.15, 0.2) is 5.65 Å². The van der Waals surface area contributed by atoms with E-state index in [1.54, 1.807) is 13.3 Å². The first kappa shape index (κ1) is 18.5. The number of aryl methyl sites for hydroxylation is 1. The largest absolute Gasteiger partial charge is 0.496 e. The van der Waals surface area contributed by atoms with Crippen LogP contribution in [0.4, 0.5) is 0 Å². The highest BCUT2D eigenvalue weighted by Crippen LogP contribution is 2.32. The van der Waals surface area contributed by atoms with Crippen molar-refractivity contribution in [3.05, 3.63) is 53.3 Å². The van der Waals surface area contributed by atoms with Crippen molar-refractivity contribution in [3.63, 3.8) is 0 Å². The number of fused-ring (bicyclic) bond motifs is 1. The number of hydrogen-bond donors (Lipinski definition) is 1. The number of carbonyl (C=O) groups excluding carboxylic acids is 1. The maximum atomic E-state index is 12.9. The van der Waals surface area contributed by atoms with Crippen LogP contribution in [0.15, 0.2) is 36.5 Å². The monoisotopic (exact) mass is 378 g/mol. The lowest BCUT2D eigenvalue weighted by atomic mass is 10.1. The van der Waals surface area contributed by atoms with Crippen LogP contribution < -0.4 is 10.1 Å². The molecule has 1 fully saturated rings. The summed E-state index contributed by atoms with van der Waals surface area (Å²) < 4.78 is 7.40. The van der Waals surface area contributed by atoms with E-state index in [0.29, 0.717) is 24.6 Å². The number of rotatable bonds is 6. The van der Waals surface area contributed by atoms with Crippen LogP contribution in [0.3, 0.4) is 0 Å². The van der Waals surface area contributed by atoms with Crippen molar-refractivity contribution >= 4 is 16.9 Å². The van der Waals surface area contributed by atoms with Gasteiger partial charge in [-0.3, -0.25) is 4.79 Å². The molecular weight excluding hydrogens is 352 g/mol. The van der Waals surface area contributed by atoms with Crippen LogP contribution in [0.1, 0.15) is 53.3 Å². The lowest BCUT2D eigenvalue weighted by molar-refractivity contribution is 0.0955. The maximum Gasteiger partial charge on any atom is 0.252 e. The van der Waals surface area contributed by atoms with E-state index >= 15 is 0 Å². The highest BCUT2D eigenvalue weighted by atomic mass is 16.5. The van der Waals surface area contributed by atoms with Crippen LogP contribution in [0.5, 0.6) is 5.75 Å². The molecular formula is C22H26N4O2. The molecule has 3 aromatic rings. The number of amides is 1. The van der Waals surface area contributed by atoms with E-state index in [0.717, 1.165) is 40.9 Å². The fourth-order valence-electron chi connectivity index (χ4n) is 4.06. The van der Waals surface area contributed by atoms with Crippen molar-refractivity contribution < 1.29 is 9.53 Å². The number of pyridine rings is 1. The molecule has 0 radical (unpaired) electrons. The summed E-state index contributed by atoms with van der Waals surface area (Å²) in [5, 5.41) is 8.43. The molecule has 1 aromatic carbocycles. The summed E-state index contributed by atoms with van der Waals surface area (Å²) in [6, 6.07) is 10.1. The summed E-state index contributed by atoms with van der Waals surface area (Å²) in [7, 11) is 1.66. The van der Waals surface area contributed by atoms with Gasteiger partial charge in [-0.15, -0.1) is 0 Å². The highest BCUT2D eigenvalue weighted by molar-refractivity contribution is 6.05.